The minimum absolute atomic E-state index is 0.0543. The van der Waals surface area contributed by atoms with Gasteiger partial charge in [0.05, 0.1) is 5.92 Å². The first-order valence-electron chi connectivity index (χ1n) is 8.88. The SMILES string of the molecule is O=C(N[C@H]1C[C@H]2CC[C@H]1C2)[C@H]1CCCN(S(=O)(=O)c2cccs2)C1. The van der Waals surface area contributed by atoms with Crippen LogP contribution < -0.4 is 5.32 Å². The maximum atomic E-state index is 12.7. The topological polar surface area (TPSA) is 66.5 Å². The summed E-state index contributed by atoms with van der Waals surface area (Å²) in [6.07, 6.45) is 6.45. The normalized spacial score (nSPS) is 33.7. The van der Waals surface area contributed by atoms with Gasteiger partial charge in [-0.25, -0.2) is 8.42 Å². The molecule has 1 amide bonds. The van der Waals surface area contributed by atoms with Gasteiger partial charge in [0.15, 0.2) is 0 Å². The monoisotopic (exact) mass is 368 g/mol. The zero-order valence-corrected chi connectivity index (χ0v) is 15.3. The van der Waals surface area contributed by atoms with Gasteiger partial charge in [-0.05, 0) is 55.4 Å². The lowest BCUT2D eigenvalue weighted by Crippen LogP contribution is -2.48. The molecular formula is C17H24N2O3S2. The van der Waals surface area contributed by atoms with E-state index < -0.39 is 10.0 Å². The fraction of sp³-hybridized carbons (Fsp3) is 0.706. The van der Waals surface area contributed by atoms with Crippen LogP contribution in [0.4, 0.5) is 0 Å². The number of thiophene rings is 1. The number of nitrogens with one attached hydrogen (secondary N) is 1. The third-order valence-corrected chi connectivity index (χ3v) is 9.15. The van der Waals surface area contributed by atoms with E-state index in [-0.39, 0.29) is 11.8 Å². The van der Waals surface area contributed by atoms with Gasteiger partial charge < -0.3 is 5.32 Å². The molecule has 4 atom stereocenters. The molecule has 0 radical (unpaired) electrons. The Morgan fingerprint density at radius 3 is 2.79 bits per heavy atom. The van der Waals surface area contributed by atoms with Crippen LogP contribution in [-0.4, -0.2) is 37.8 Å². The van der Waals surface area contributed by atoms with E-state index in [4.69, 9.17) is 0 Å². The van der Waals surface area contributed by atoms with Crippen LogP contribution >= 0.6 is 11.3 Å². The molecule has 4 rings (SSSR count). The van der Waals surface area contributed by atoms with Crippen LogP contribution in [0.25, 0.3) is 0 Å². The smallest absolute Gasteiger partial charge is 0.252 e. The van der Waals surface area contributed by atoms with Crippen molar-refractivity contribution >= 4 is 27.3 Å². The van der Waals surface area contributed by atoms with E-state index in [9.17, 15) is 13.2 Å². The molecule has 1 N–H and O–H groups in total. The summed E-state index contributed by atoms with van der Waals surface area (Å²) < 4.78 is 27.2. The van der Waals surface area contributed by atoms with Crippen molar-refractivity contribution in [1.82, 2.24) is 9.62 Å². The first kappa shape index (κ1) is 16.5. The summed E-state index contributed by atoms with van der Waals surface area (Å²) in [5, 5.41) is 5.00. The molecule has 132 valence electrons. The Morgan fingerprint density at radius 1 is 1.25 bits per heavy atom. The van der Waals surface area contributed by atoms with Crippen molar-refractivity contribution < 1.29 is 13.2 Å². The van der Waals surface area contributed by atoms with Gasteiger partial charge in [-0.2, -0.15) is 4.31 Å². The van der Waals surface area contributed by atoms with Crippen LogP contribution in [0.3, 0.4) is 0 Å². The van der Waals surface area contributed by atoms with Crippen LogP contribution in [-0.2, 0) is 14.8 Å². The zero-order valence-electron chi connectivity index (χ0n) is 13.7. The molecule has 2 saturated carbocycles. The Bertz CT molecular complexity index is 701. The average molecular weight is 369 g/mol. The molecule has 2 aliphatic carbocycles. The summed E-state index contributed by atoms with van der Waals surface area (Å²) >= 11 is 1.24. The van der Waals surface area contributed by atoms with Gasteiger partial charge in [-0.1, -0.05) is 12.5 Å². The number of carbonyl (C=O) groups is 1. The summed E-state index contributed by atoms with van der Waals surface area (Å²) in [6.45, 7) is 0.824. The van der Waals surface area contributed by atoms with Gasteiger partial charge in [0.1, 0.15) is 4.21 Å². The number of nitrogens with zero attached hydrogens (tertiary/aromatic N) is 1. The Balaban J connectivity index is 1.40. The Labute approximate surface area is 147 Å². The minimum atomic E-state index is -3.45. The second-order valence-corrected chi connectivity index (χ2v) is 10.5. The molecule has 1 aromatic rings. The molecule has 1 aliphatic heterocycles. The molecule has 1 aromatic heterocycles. The standard InChI is InChI=1S/C17H24N2O3S2/c20-17(18-15-10-12-5-6-13(15)9-12)14-3-1-7-19(11-14)24(21,22)16-4-2-8-23-16/h2,4,8,12-15H,1,3,5-7,9-11H2,(H,18,20)/t12-,13-,14-,15-/m0/s1. The quantitative estimate of drug-likeness (QED) is 0.888. The van der Waals surface area contributed by atoms with Crippen LogP contribution in [0.2, 0.25) is 0 Å². The summed E-state index contributed by atoms with van der Waals surface area (Å²) in [4.78, 5) is 12.7. The molecule has 3 aliphatic rings. The Morgan fingerprint density at radius 2 is 2.12 bits per heavy atom. The minimum Gasteiger partial charge on any atom is -0.353 e. The second-order valence-electron chi connectivity index (χ2n) is 7.42. The Hall–Kier alpha value is -0.920. The van der Waals surface area contributed by atoms with Gasteiger partial charge in [-0.3, -0.25) is 4.79 Å². The van der Waals surface area contributed by atoms with E-state index in [1.807, 2.05) is 0 Å². The highest BCUT2D eigenvalue weighted by Crippen LogP contribution is 2.44. The number of fused-ring (bicyclic) bond motifs is 2. The lowest BCUT2D eigenvalue weighted by Gasteiger charge is -2.32. The lowest BCUT2D eigenvalue weighted by atomic mass is 9.93. The van der Waals surface area contributed by atoms with Gasteiger partial charge >= 0.3 is 0 Å². The van der Waals surface area contributed by atoms with E-state index in [1.165, 1.54) is 34.9 Å². The number of carbonyl (C=O) groups excluding carboxylic acids is 1. The molecular weight excluding hydrogens is 344 g/mol. The number of amides is 1. The highest BCUT2D eigenvalue weighted by molar-refractivity contribution is 7.91. The molecule has 3 fully saturated rings. The zero-order chi connectivity index (χ0) is 16.7. The van der Waals surface area contributed by atoms with Gasteiger partial charge in [-0.15, -0.1) is 11.3 Å². The fourth-order valence-electron chi connectivity index (χ4n) is 4.63. The highest BCUT2D eigenvalue weighted by Gasteiger charge is 2.41. The van der Waals surface area contributed by atoms with E-state index in [1.54, 1.807) is 17.5 Å². The largest absolute Gasteiger partial charge is 0.353 e. The molecule has 2 heterocycles. The van der Waals surface area contributed by atoms with Crippen molar-refractivity contribution in [2.24, 2.45) is 17.8 Å². The van der Waals surface area contributed by atoms with Gasteiger partial charge in [0, 0.05) is 19.1 Å². The number of hydrogen-bond acceptors (Lipinski definition) is 4. The second kappa shape index (κ2) is 6.42. The molecule has 0 spiro atoms. The van der Waals surface area contributed by atoms with Crippen molar-refractivity contribution in [3.05, 3.63) is 17.5 Å². The maximum Gasteiger partial charge on any atom is 0.252 e. The molecule has 2 bridgehead atoms. The van der Waals surface area contributed by atoms with E-state index in [2.05, 4.69) is 5.32 Å². The third kappa shape index (κ3) is 3.02. The van der Waals surface area contributed by atoms with Crippen LogP contribution in [0.5, 0.6) is 0 Å². The third-order valence-electron chi connectivity index (χ3n) is 5.91. The molecule has 7 heteroatoms. The molecule has 5 nitrogen and oxygen atoms in total. The van der Waals surface area contributed by atoms with E-state index >= 15 is 0 Å². The first-order chi connectivity index (χ1) is 11.5. The molecule has 0 unspecified atom stereocenters. The predicted octanol–water partition coefficient (Wildman–Crippen LogP) is 2.45. The Kier molecular flexibility index (Phi) is 4.43. The van der Waals surface area contributed by atoms with Gasteiger partial charge in [0.2, 0.25) is 5.91 Å². The van der Waals surface area contributed by atoms with Crippen molar-refractivity contribution in [3.8, 4) is 0 Å². The number of hydrogen-bond donors (Lipinski definition) is 1. The fourth-order valence-corrected chi connectivity index (χ4v) is 7.30. The maximum absolute atomic E-state index is 12.7. The van der Waals surface area contributed by atoms with Crippen LogP contribution in [0.1, 0.15) is 38.5 Å². The van der Waals surface area contributed by atoms with Gasteiger partial charge in [0.25, 0.3) is 10.0 Å². The molecule has 24 heavy (non-hydrogen) atoms. The number of rotatable bonds is 4. The summed E-state index contributed by atoms with van der Waals surface area (Å²) in [5.41, 5.74) is 0. The number of piperidine rings is 1. The summed E-state index contributed by atoms with van der Waals surface area (Å²) in [6, 6.07) is 3.71. The van der Waals surface area contributed by atoms with E-state index in [0.29, 0.717) is 29.3 Å². The van der Waals surface area contributed by atoms with E-state index in [0.717, 1.165) is 25.2 Å². The van der Waals surface area contributed by atoms with Crippen molar-refractivity contribution in [3.63, 3.8) is 0 Å². The van der Waals surface area contributed by atoms with Crippen LogP contribution in [0.15, 0.2) is 21.7 Å². The predicted molar refractivity (Wildman–Crippen MR) is 93.2 cm³/mol. The van der Waals surface area contributed by atoms with Crippen LogP contribution in [0, 0.1) is 17.8 Å². The van der Waals surface area contributed by atoms with Crippen molar-refractivity contribution in [2.75, 3.05) is 13.1 Å². The highest BCUT2D eigenvalue weighted by atomic mass is 32.2. The summed E-state index contributed by atoms with van der Waals surface area (Å²) in [7, 11) is -3.45. The molecule has 1 saturated heterocycles. The first-order valence-corrected chi connectivity index (χ1v) is 11.2. The van der Waals surface area contributed by atoms with Crippen molar-refractivity contribution in [1.29, 1.82) is 0 Å². The molecule has 0 aromatic carbocycles. The summed E-state index contributed by atoms with van der Waals surface area (Å²) in [5.74, 6) is 1.28. The van der Waals surface area contributed by atoms with Crippen molar-refractivity contribution in [2.45, 2.75) is 48.8 Å². The average Bonchev–Trinajstić information content (AvgIpc) is 3.32. The lowest BCUT2D eigenvalue weighted by molar-refractivity contribution is -0.127. The number of sulfonamides is 1.